The summed E-state index contributed by atoms with van der Waals surface area (Å²) in [6.07, 6.45) is 0. The number of nitrogens with zero attached hydrogens (tertiary/aromatic N) is 1. The Morgan fingerprint density at radius 1 is 0.805 bits per heavy atom. The number of methoxy groups -OCH3 is 1. The van der Waals surface area contributed by atoms with E-state index in [0.29, 0.717) is 22.0 Å². The van der Waals surface area contributed by atoms with Crippen molar-refractivity contribution in [3.05, 3.63) is 93.1 Å². The van der Waals surface area contributed by atoms with Gasteiger partial charge in [-0.05, 0) is 64.9 Å². The molecule has 0 aliphatic carbocycles. The maximum absolute atomic E-state index is 13.2. The van der Waals surface area contributed by atoms with E-state index in [2.05, 4.69) is 52.9 Å². The van der Waals surface area contributed by atoms with Crippen molar-refractivity contribution in [1.29, 1.82) is 0 Å². The maximum atomic E-state index is 13.2. The Morgan fingerprint density at radius 3 is 2.02 bits per heavy atom. The van der Waals surface area contributed by atoms with Crippen LogP contribution in [0.15, 0.2) is 71.4 Å². The number of carbonyl (C=O) groups is 3. The van der Waals surface area contributed by atoms with Crippen molar-refractivity contribution < 1.29 is 23.9 Å². The topological polar surface area (TPSA) is 84.9 Å². The minimum Gasteiger partial charge on any atom is -0.495 e. The summed E-state index contributed by atoms with van der Waals surface area (Å²) >= 11 is 12.4. The molecule has 3 aromatic rings. The summed E-state index contributed by atoms with van der Waals surface area (Å²) in [5.41, 5.74) is 2.62. The lowest BCUT2D eigenvalue weighted by Gasteiger charge is -2.26. The van der Waals surface area contributed by atoms with Gasteiger partial charge >= 0.3 is 5.97 Å². The summed E-state index contributed by atoms with van der Waals surface area (Å²) in [6.45, 7) is 12.6. The normalized spacial score (nSPS) is 14.0. The number of amides is 2. The van der Waals surface area contributed by atoms with Crippen LogP contribution < -0.4 is 19.7 Å². The van der Waals surface area contributed by atoms with Gasteiger partial charge in [-0.2, -0.15) is 0 Å². The van der Waals surface area contributed by atoms with Crippen LogP contribution in [0.5, 0.6) is 11.5 Å². The lowest BCUT2D eigenvalue weighted by molar-refractivity contribution is -0.120. The number of carbonyl (C=O) groups excluding carboxylic acids is 3. The van der Waals surface area contributed by atoms with Gasteiger partial charge in [0, 0.05) is 16.3 Å². The van der Waals surface area contributed by atoms with Crippen LogP contribution in [0.3, 0.4) is 0 Å². The molecule has 0 unspecified atom stereocenters. The highest BCUT2D eigenvalue weighted by Crippen LogP contribution is 2.38. The van der Waals surface area contributed by atoms with Crippen molar-refractivity contribution in [2.45, 2.75) is 52.4 Å². The Labute approximate surface area is 250 Å². The number of benzene rings is 3. The van der Waals surface area contributed by atoms with Gasteiger partial charge in [0.25, 0.3) is 11.8 Å². The van der Waals surface area contributed by atoms with Crippen LogP contribution >= 0.6 is 23.2 Å². The highest BCUT2D eigenvalue weighted by atomic mass is 35.5. The van der Waals surface area contributed by atoms with E-state index >= 15 is 0 Å². The minimum absolute atomic E-state index is 0.0493. The highest BCUT2D eigenvalue weighted by Gasteiger charge is 2.40. The first-order chi connectivity index (χ1) is 19.1. The Kier molecular flexibility index (Phi) is 8.25. The van der Waals surface area contributed by atoms with Gasteiger partial charge < -0.3 is 14.8 Å². The zero-order chi connectivity index (χ0) is 30.3. The second kappa shape index (κ2) is 11.2. The number of halogens is 2. The molecular weight excluding hydrogens is 563 g/mol. The standard InChI is InChI=1S/C32H32Cl2N2O5/c1-31(2,3)19-10-14-24(22(16-19)32(4,5)6)41-30(39)18-8-12-21(13-9-18)35-27-26(34)28(37)36(29(27)38)23-17-20(33)11-15-25(23)40-7/h8-17,35H,1-7H3. The first-order valence-electron chi connectivity index (χ1n) is 13.0. The van der Waals surface area contributed by atoms with Crippen LogP contribution in [-0.2, 0) is 20.4 Å². The van der Waals surface area contributed by atoms with E-state index in [-0.39, 0.29) is 33.0 Å². The Bertz CT molecular complexity index is 1560. The molecule has 0 aromatic heterocycles. The van der Waals surface area contributed by atoms with Gasteiger partial charge in [-0.25, -0.2) is 9.69 Å². The molecule has 7 nitrogen and oxygen atoms in total. The van der Waals surface area contributed by atoms with Crippen molar-refractivity contribution in [2.75, 3.05) is 17.3 Å². The number of hydrogen-bond acceptors (Lipinski definition) is 6. The van der Waals surface area contributed by atoms with Crippen LogP contribution in [-0.4, -0.2) is 24.9 Å². The smallest absolute Gasteiger partial charge is 0.343 e. The zero-order valence-electron chi connectivity index (χ0n) is 24.0. The largest absolute Gasteiger partial charge is 0.495 e. The molecule has 0 fully saturated rings. The monoisotopic (exact) mass is 594 g/mol. The number of imide groups is 1. The molecule has 9 heteroatoms. The van der Waals surface area contributed by atoms with Crippen LogP contribution in [0.25, 0.3) is 0 Å². The number of anilines is 2. The molecule has 4 rings (SSSR count). The minimum atomic E-state index is -0.716. The number of rotatable bonds is 6. The fourth-order valence-corrected chi connectivity index (χ4v) is 4.71. The molecule has 2 amide bonds. The molecule has 3 aromatic carbocycles. The van der Waals surface area contributed by atoms with E-state index in [1.54, 1.807) is 36.4 Å². The molecule has 0 saturated carbocycles. The van der Waals surface area contributed by atoms with Gasteiger partial charge in [0.2, 0.25) is 0 Å². The molecule has 0 saturated heterocycles. The van der Waals surface area contributed by atoms with Crippen molar-refractivity contribution >= 4 is 52.4 Å². The van der Waals surface area contributed by atoms with E-state index in [1.807, 2.05) is 12.1 Å². The molecule has 41 heavy (non-hydrogen) atoms. The highest BCUT2D eigenvalue weighted by molar-refractivity contribution is 6.53. The van der Waals surface area contributed by atoms with E-state index in [1.165, 1.54) is 13.2 Å². The fraction of sp³-hybridized carbons (Fsp3) is 0.281. The Morgan fingerprint density at radius 2 is 1.44 bits per heavy atom. The summed E-state index contributed by atoms with van der Waals surface area (Å²) in [4.78, 5) is 40.1. The Balaban J connectivity index is 1.53. The first kappa shape index (κ1) is 30.2. The SMILES string of the molecule is COc1ccc(Cl)cc1N1C(=O)C(Cl)=C(Nc2ccc(C(=O)Oc3ccc(C(C)(C)C)cc3C(C)(C)C)cc2)C1=O. The van der Waals surface area contributed by atoms with Crippen molar-refractivity contribution in [2.24, 2.45) is 0 Å². The van der Waals surface area contributed by atoms with Crippen LogP contribution in [0.4, 0.5) is 11.4 Å². The molecule has 1 heterocycles. The number of hydrogen-bond donors (Lipinski definition) is 1. The van der Waals surface area contributed by atoms with Crippen LogP contribution in [0.2, 0.25) is 5.02 Å². The summed E-state index contributed by atoms with van der Waals surface area (Å²) in [5.74, 6) is -1.12. The van der Waals surface area contributed by atoms with Gasteiger partial charge in [-0.1, -0.05) is 76.9 Å². The second-order valence-electron chi connectivity index (χ2n) is 11.8. The molecule has 0 spiro atoms. The summed E-state index contributed by atoms with van der Waals surface area (Å²) in [5, 5.41) is 2.93. The fourth-order valence-electron chi connectivity index (χ4n) is 4.33. The lowest BCUT2D eigenvalue weighted by Crippen LogP contribution is -2.32. The predicted octanol–water partition coefficient (Wildman–Crippen LogP) is 7.60. The molecule has 1 N–H and O–H groups in total. The van der Waals surface area contributed by atoms with Gasteiger partial charge in [0.1, 0.15) is 22.2 Å². The molecule has 1 aliphatic heterocycles. The van der Waals surface area contributed by atoms with Crippen LogP contribution in [0.1, 0.15) is 63.0 Å². The van der Waals surface area contributed by atoms with Crippen LogP contribution in [0, 0.1) is 0 Å². The van der Waals surface area contributed by atoms with E-state index in [0.717, 1.165) is 16.0 Å². The first-order valence-corrected chi connectivity index (χ1v) is 13.7. The van der Waals surface area contributed by atoms with Gasteiger partial charge in [0.05, 0.1) is 18.4 Å². The number of ether oxygens (including phenoxy) is 2. The van der Waals surface area contributed by atoms with E-state index in [9.17, 15) is 14.4 Å². The third kappa shape index (κ3) is 6.26. The third-order valence-corrected chi connectivity index (χ3v) is 7.24. The van der Waals surface area contributed by atoms with Crippen molar-refractivity contribution in [1.82, 2.24) is 0 Å². The average molecular weight is 596 g/mol. The summed E-state index contributed by atoms with van der Waals surface area (Å²) < 4.78 is 11.1. The van der Waals surface area contributed by atoms with Gasteiger partial charge in [-0.3, -0.25) is 9.59 Å². The molecule has 1 aliphatic rings. The summed E-state index contributed by atoms with van der Waals surface area (Å²) in [6, 6.07) is 16.8. The molecule has 0 atom stereocenters. The second-order valence-corrected chi connectivity index (χ2v) is 12.6. The average Bonchev–Trinajstić information content (AvgIpc) is 3.10. The quantitative estimate of drug-likeness (QED) is 0.180. The van der Waals surface area contributed by atoms with Crippen molar-refractivity contribution in [3.8, 4) is 11.5 Å². The maximum Gasteiger partial charge on any atom is 0.343 e. The number of esters is 1. The molecular formula is C32H32Cl2N2O5. The lowest BCUT2D eigenvalue weighted by atomic mass is 9.80. The zero-order valence-corrected chi connectivity index (χ0v) is 25.5. The van der Waals surface area contributed by atoms with E-state index < -0.39 is 17.8 Å². The Hall–Kier alpha value is -3.81. The van der Waals surface area contributed by atoms with Crippen molar-refractivity contribution in [3.63, 3.8) is 0 Å². The van der Waals surface area contributed by atoms with E-state index in [4.69, 9.17) is 32.7 Å². The summed E-state index contributed by atoms with van der Waals surface area (Å²) in [7, 11) is 1.42. The molecule has 0 bridgehead atoms. The van der Waals surface area contributed by atoms with Gasteiger partial charge in [-0.15, -0.1) is 0 Å². The van der Waals surface area contributed by atoms with Gasteiger partial charge in [0.15, 0.2) is 0 Å². The molecule has 0 radical (unpaired) electrons. The third-order valence-electron chi connectivity index (χ3n) is 6.66. The number of nitrogens with one attached hydrogen (secondary N) is 1. The predicted molar refractivity (Wildman–Crippen MR) is 162 cm³/mol. The molecule has 214 valence electrons.